The van der Waals surface area contributed by atoms with Crippen LogP contribution >= 0.6 is 0 Å². The molecule has 0 saturated heterocycles. The Morgan fingerprint density at radius 3 is 2.79 bits per heavy atom. The third-order valence-electron chi connectivity index (χ3n) is 6.38. The molecule has 1 N–H and O–H groups in total. The van der Waals surface area contributed by atoms with Crippen molar-refractivity contribution in [3.63, 3.8) is 0 Å². The smallest absolute Gasteiger partial charge is 0.152 e. The van der Waals surface area contributed by atoms with Crippen molar-refractivity contribution in [3.05, 3.63) is 83.6 Å². The number of nitrogens with zero attached hydrogens (tertiary/aromatic N) is 4. The Balaban J connectivity index is 1.43. The topological polar surface area (TPSA) is 69.9 Å². The number of halogens is 1. The maximum Gasteiger partial charge on any atom is 0.152 e. The molecule has 4 heterocycles. The molecule has 172 valence electrons. The Morgan fingerprint density at radius 2 is 2.03 bits per heavy atom. The first-order chi connectivity index (χ1) is 16.5. The average Bonchev–Trinajstić information content (AvgIpc) is 3.55. The minimum atomic E-state index is -0.335. The number of ether oxygens (including phenoxy) is 2. The summed E-state index contributed by atoms with van der Waals surface area (Å²) in [5.41, 5.74) is 6.31. The summed E-state index contributed by atoms with van der Waals surface area (Å²) in [6.07, 6.45) is 5.46. The molecule has 8 heteroatoms. The van der Waals surface area contributed by atoms with Crippen LogP contribution in [0.3, 0.4) is 0 Å². The van der Waals surface area contributed by atoms with Gasteiger partial charge in [-0.1, -0.05) is 6.07 Å². The standard InChI is InChI=1S/C26H24FN5O2/c1-15-10-17(27)4-5-18(15)25-26-30-22(13-31(26)8-9-34-25)21-11-19-20(29-21)6-7-23(24(19)33-3)32-12-16(2)28-14-32/h4-7,10-14,25,29H,8-9H2,1-3H3. The maximum absolute atomic E-state index is 13.7. The third-order valence-corrected chi connectivity index (χ3v) is 6.38. The zero-order chi connectivity index (χ0) is 23.4. The van der Waals surface area contributed by atoms with Gasteiger partial charge in [-0.3, -0.25) is 0 Å². The number of fused-ring (bicyclic) bond motifs is 2. The molecule has 5 aromatic rings. The fourth-order valence-electron chi connectivity index (χ4n) is 4.73. The van der Waals surface area contributed by atoms with Crippen LogP contribution in [0.4, 0.5) is 4.39 Å². The van der Waals surface area contributed by atoms with Crippen molar-refractivity contribution in [1.29, 1.82) is 0 Å². The van der Waals surface area contributed by atoms with Gasteiger partial charge in [0.2, 0.25) is 0 Å². The minimum absolute atomic E-state index is 0.252. The predicted octanol–water partition coefficient (Wildman–Crippen LogP) is 5.10. The highest BCUT2D eigenvalue weighted by Crippen LogP contribution is 2.37. The Morgan fingerprint density at radius 1 is 1.15 bits per heavy atom. The molecule has 1 atom stereocenters. The second-order valence-electron chi connectivity index (χ2n) is 8.61. The van der Waals surface area contributed by atoms with Crippen molar-refractivity contribution in [2.24, 2.45) is 0 Å². The maximum atomic E-state index is 13.7. The van der Waals surface area contributed by atoms with E-state index in [1.165, 1.54) is 12.1 Å². The van der Waals surface area contributed by atoms with Crippen LogP contribution in [0.5, 0.6) is 5.75 Å². The summed E-state index contributed by atoms with van der Waals surface area (Å²) in [5.74, 6) is 1.33. The van der Waals surface area contributed by atoms with Gasteiger partial charge >= 0.3 is 0 Å². The lowest BCUT2D eigenvalue weighted by atomic mass is 10.0. The van der Waals surface area contributed by atoms with E-state index in [2.05, 4.69) is 20.6 Å². The number of aromatic nitrogens is 5. The molecule has 0 bridgehead atoms. The molecule has 1 aliphatic heterocycles. The van der Waals surface area contributed by atoms with Gasteiger partial charge in [0, 0.05) is 29.8 Å². The van der Waals surface area contributed by atoms with Gasteiger partial charge < -0.3 is 23.6 Å². The predicted molar refractivity (Wildman–Crippen MR) is 127 cm³/mol. The fourth-order valence-corrected chi connectivity index (χ4v) is 4.73. The Hall–Kier alpha value is -3.91. The summed E-state index contributed by atoms with van der Waals surface area (Å²) >= 11 is 0. The van der Waals surface area contributed by atoms with E-state index in [1.807, 2.05) is 42.9 Å². The Bertz CT molecular complexity index is 1530. The highest BCUT2D eigenvalue weighted by Gasteiger charge is 2.27. The lowest BCUT2D eigenvalue weighted by Gasteiger charge is -2.25. The summed E-state index contributed by atoms with van der Waals surface area (Å²) < 4.78 is 29.6. The molecule has 7 nitrogen and oxygen atoms in total. The summed E-state index contributed by atoms with van der Waals surface area (Å²) in [4.78, 5) is 12.8. The Labute approximate surface area is 195 Å². The van der Waals surface area contributed by atoms with Crippen molar-refractivity contribution in [1.82, 2.24) is 24.1 Å². The monoisotopic (exact) mass is 457 g/mol. The molecule has 6 rings (SSSR count). The van der Waals surface area contributed by atoms with E-state index in [1.54, 1.807) is 19.5 Å². The van der Waals surface area contributed by atoms with Gasteiger partial charge in [-0.2, -0.15) is 0 Å². The number of hydrogen-bond donors (Lipinski definition) is 1. The van der Waals surface area contributed by atoms with Crippen LogP contribution in [0, 0.1) is 19.7 Å². The normalized spacial score (nSPS) is 15.6. The molecule has 34 heavy (non-hydrogen) atoms. The number of aryl methyl sites for hydroxylation is 2. The zero-order valence-corrected chi connectivity index (χ0v) is 19.2. The van der Waals surface area contributed by atoms with Gasteiger partial charge in [0.05, 0.1) is 37.1 Å². The average molecular weight is 458 g/mol. The Kier molecular flexibility index (Phi) is 4.77. The zero-order valence-electron chi connectivity index (χ0n) is 19.2. The van der Waals surface area contributed by atoms with Crippen LogP contribution in [-0.2, 0) is 11.3 Å². The number of aromatic amines is 1. The SMILES string of the molecule is COc1c(-n2cnc(C)c2)ccc2[nH]c(-c3cn4c(n3)C(c3ccc(F)cc3C)OCC4)cc12. The number of H-pyrrole nitrogens is 1. The first kappa shape index (κ1) is 20.7. The molecule has 0 amide bonds. The second-order valence-corrected chi connectivity index (χ2v) is 8.61. The number of hydrogen-bond acceptors (Lipinski definition) is 4. The molecule has 2 aromatic carbocycles. The van der Waals surface area contributed by atoms with Gasteiger partial charge in [0.15, 0.2) is 5.75 Å². The lowest BCUT2D eigenvalue weighted by Crippen LogP contribution is -2.23. The largest absolute Gasteiger partial charge is 0.494 e. The van der Waals surface area contributed by atoms with E-state index in [-0.39, 0.29) is 11.9 Å². The van der Waals surface area contributed by atoms with Gasteiger partial charge in [0.25, 0.3) is 0 Å². The highest BCUT2D eigenvalue weighted by atomic mass is 19.1. The molecule has 0 radical (unpaired) electrons. The molecule has 0 spiro atoms. The van der Waals surface area contributed by atoms with Crippen LogP contribution in [0.2, 0.25) is 0 Å². The number of imidazole rings is 2. The van der Waals surface area contributed by atoms with Gasteiger partial charge in [-0.25, -0.2) is 14.4 Å². The number of benzene rings is 2. The minimum Gasteiger partial charge on any atom is -0.494 e. The summed E-state index contributed by atoms with van der Waals surface area (Å²) in [6.45, 7) is 5.14. The van der Waals surface area contributed by atoms with Crippen molar-refractivity contribution in [2.45, 2.75) is 26.5 Å². The van der Waals surface area contributed by atoms with Crippen molar-refractivity contribution in [3.8, 4) is 22.8 Å². The first-order valence-electron chi connectivity index (χ1n) is 11.2. The highest BCUT2D eigenvalue weighted by molar-refractivity contribution is 5.93. The van der Waals surface area contributed by atoms with Gasteiger partial charge in [0.1, 0.15) is 23.4 Å². The second kappa shape index (κ2) is 7.85. The van der Waals surface area contributed by atoms with Crippen LogP contribution < -0.4 is 4.74 Å². The van der Waals surface area contributed by atoms with E-state index in [9.17, 15) is 4.39 Å². The lowest BCUT2D eigenvalue weighted by molar-refractivity contribution is 0.0426. The molecule has 0 saturated carbocycles. The van der Waals surface area contributed by atoms with E-state index >= 15 is 0 Å². The van der Waals surface area contributed by atoms with Crippen molar-refractivity contribution < 1.29 is 13.9 Å². The number of rotatable bonds is 4. The van der Waals surface area contributed by atoms with E-state index < -0.39 is 0 Å². The van der Waals surface area contributed by atoms with Crippen LogP contribution in [0.15, 0.2) is 55.1 Å². The number of nitrogens with one attached hydrogen (secondary N) is 1. The van der Waals surface area contributed by atoms with E-state index in [0.717, 1.165) is 56.4 Å². The quantitative estimate of drug-likeness (QED) is 0.408. The third kappa shape index (κ3) is 3.30. The molecular weight excluding hydrogens is 433 g/mol. The van der Waals surface area contributed by atoms with Crippen LogP contribution in [-0.4, -0.2) is 37.8 Å². The molecule has 1 unspecified atom stereocenters. The molecule has 0 fully saturated rings. The van der Waals surface area contributed by atoms with Crippen LogP contribution in [0.25, 0.3) is 28.0 Å². The summed E-state index contributed by atoms with van der Waals surface area (Å²) in [7, 11) is 1.68. The van der Waals surface area contributed by atoms with Crippen LogP contribution in [0.1, 0.15) is 28.7 Å². The van der Waals surface area contributed by atoms with Gasteiger partial charge in [-0.05, 0) is 55.3 Å². The van der Waals surface area contributed by atoms with Crippen molar-refractivity contribution in [2.75, 3.05) is 13.7 Å². The van der Waals surface area contributed by atoms with Gasteiger partial charge in [-0.15, -0.1) is 0 Å². The van der Waals surface area contributed by atoms with Crippen molar-refractivity contribution >= 4 is 10.9 Å². The summed E-state index contributed by atoms with van der Waals surface area (Å²) in [5, 5.41) is 0.967. The molecular formula is C26H24FN5O2. The number of methoxy groups -OCH3 is 1. The summed E-state index contributed by atoms with van der Waals surface area (Å²) in [6, 6.07) is 10.9. The molecule has 0 aliphatic carbocycles. The molecule has 1 aliphatic rings. The first-order valence-corrected chi connectivity index (χ1v) is 11.2. The van der Waals surface area contributed by atoms with E-state index in [0.29, 0.717) is 13.2 Å². The van der Waals surface area contributed by atoms with E-state index in [4.69, 9.17) is 14.5 Å². The fraction of sp³-hybridized carbons (Fsp3) is 0.231. The molecule has 3 aromatic heterocycles.